The molecule has 3 nitrogen and oxygen atoms in total. The summed E-state index contributed by atoms with van der Waals surface area (Å²) in [5.41, 5.74) is 0. The Labute approximate surface area is 81.4 Å². The van der Waals surface area contributed by atoms with Crippen molar-refractivity contribution in [1.82, 2.24) is 4.98 Å². The van der Waals surface area contributed by atoms with E-state index in [2.05, 4.69) is 18.8 Å². The van der Waals surface area contributed by atoms with Crippen LogP contribution in [0.25, 0.3) is 0 Å². The molecule has 1 aromatic rings. The van der Waals surface area contributed by atoms with Crippen LogP contribution in [0.5, 0.6) is 0 Å². The van der Waals surface area contributed by atoms with Crippen LogP contribution in [0, 0.1) is 5.92 Å². The minimum absolute atomic E-state index is 0.0930. The molecule has 1 N–H and O–H groups in total. The van der Waals surface area contributed by atoms with Gasteiger partial charge < -0.3 is 5.11 Å². The molecule has 0 saturated carbocycles. The standard InChI is InChI=1S/C9H13NO2S/c1-6(2)3-8-10-5-7(13-8)4-9(11)12/h5-6H,3-4H2,1-2H3,(H,11,12). The van der Waals surface area contributed by atoms with Gasteiger partial charge in [-0.15, -0.1) is 11.3 Å². The van der Waals surface area contributed by atoms with Gasteiger partial charge in [-0.3, -0.25) is 4.79 Å². The number of nitrogens with zero attached hydrogens (tertiary/aromatic N) is 1. The molecule has 0 saturated heterocycles. The van der Waals surface area contributed by atoms with E-state index in [1.54, 1.807) is 6.20 Å². The zero-order chi connectivity index (χ0) is 9.84. The number of hydrogen-bond acceptors (Lipinski definition) is 3. The second-order valence-corrected chi connectivity index (χ2v) is 4.59. The minimum atomic E-state index is -0.792. The van der Waals surface area contributed by atoms with Gasteiger partial charge in [-0.05, 0) is 5.92 Å². The molecule has 0 aliphatic rings. The van der Waals surface area contributed by atoms with Crippen molar-refractivity contribution in [2.45, 2.75) is 26.7 Å². The lowest BCUT2D eigenvalue weighted by Gasteiger charge is -1.97. The Morgan fingerprint density at radius 1 is 1.69 bits per heavy atom. The average Bonchev–Trinajstić information content (AvgIpc) is 2.33. The molecule has 0 aliphatic carbocycles. The van der Waals surface area contributed by atoms with Crippen LogP contribution in [0.2, 0.25) is 0 Å². The van der Waals surface area contributed by atoms with Crippen LogP contribution < -0.4 is 0 Å². The van der Waals surface area contributed by atoms with Gasteiger partial charge in [0.25, 0.3) is 0 Å². The Morgan fingerprint density at radius 2 is 2.38 bits per heavy atom. The zero-order valence-corrected chi connectivity index (χ0v) is 8.60. The second-order valence-electron chi connectivity index (χ2n) is 3.39. The predicted molar refractivity (Wildman–Crippen MR) is 52.0 cm³/mol. The molecule has 0 unspecified atom stereocenters. The van der Waals surface area contributed by atoms with E-state index in [9.17, 15) is 4.79 Å². The van der Waals surface area contributed by atoms with Crippen molar-refractivity contribution < 1.29 is 9.90 Å². The zero-order valence-electron chi connectivity index (χ0n) is 7.78. The lowest BCUT2D eigenvalue weighted by atomic mass is 10.1. The van der Waals surface area contributed by atoms with Gasteiger partial charge in [0.2, 0.25) is 0 Å². The quantitative estimate of drug-likeness (QED) is 0.806. The van der Waals surface area contributed by atoms with Crippen LogP contribution >= 0.6 is 11.3 Å². The van der Waals surface area contributed by atoms with Gasteiger partial charge in [-0.2, -0.15) is 0 Å². The summed E-state index contributed by atoms with van der Waals surface area (Å²) in [4.78, 5) is 15.4. The van der Waals surface area contributed by atoms with Crippen LogP contribution in [-0.2, 0) is 17.6 Å². The van der Waals surface area contributed by atoms with Crippen molar-refractivity contribution in [3.8, 4) is 0 Å². The summed E-state index contributed by atoms with van der Waals surface area (Å²) in [5.74, 6) is -0.219. The highest BCUT2D eigenvalue weighted by molar-refractivity contribution is 7.11. The number of aromatic nitrogens is 1. The van der Waals surface area contributed by atoms with Gasteiger partial charge >= 0.3 is 5.97 Å². The maximum absolute atomic E-state index is 10.4. The Hall–Kier alpha value is -0.900. The molecule has 1 aromatic heterocycles. The Morgan fingerprint density at radius 3 is 2.92 bits per heavy atom. The summed E-state index contributed by atoms with van der Waals surface area (Å²) in [6.07, 6.45) is 2.69. The molecule has 13 heavy (non-hydrogen) atoms. The highest BCUT2D eigenvalue weighted by Crippen LogP contribution is 2.16. The lowest BCUT2D eigenvalue weighted by Crippen LogP contribution is -1.97. The van der Waals surface area contributed by atoms with Crippen molar-refractivity contribution in [2.24, 2.45) is 5.92 Å². The first kappa shape index (κ1) is 10.2. The van der Waals surface area contributed by atoms with E-state index in [1.165, 1.54) is 11.3 Å². The highest BCUT2D eigenvalue weighted by atomic mass is 32.1. The van der Waals surface area contributed by atoms with Crippen LogP contribution in [0.3, 0.4) is 0 Å². The second kappa shape index (κ2) is 4.37. The van der Waals surface area contributed by atoms with E-state index in [1.807, 2.05) is 0 Å². The maximum atomic E-state index is 10.4. The number of thiazole rings is 1. The van der Waals surface area contributed by atoms with E-state index < -0.39 is 5.97 Å². The lowest BCUT2D eigenvalue weighted by molar-refractivity contribution is -0.136. The van der Waals surface area contributed by atoms with E-state index in [0.717, 1.165) is 16.3 Å². The van der Waals surface area contributed by atoms with Crippen molar-refractivity contribution in [2.75, 3.05) is 0 Å². The van der Waals surface area contributed by atoms with Crippen LogP contribution in [-0.4, -0.2) is 16.1 Å². The fraction of sp³-hybridized carbons (Fsp3) is 0.556. The summed E-state index contributed by atoms with van der Waals surface area (Å²) in [6, 6.07) is 0. The Bertz CT molecular complexity index is 294. The number of aliphatic carboxylic acids is 1. The van der Waals surface area contributed by atoms with Gasteiger partial charge in [0, 0.05) is 17.5 Å². The van der Waals surface area contributed by atoms with Crippen molar-refractivity contribution in [3.05, 3.63) is 16.1 Å². The van der Waals surface area contributed by atoms with E-state index in [-0.39, 0.29) is 6.42 Å². The van der Waals surface area contributed by atoms with E-state index >= 15 is 0 Å². The smallest absolute Gasteiger partial charge is 0.308 e. The third kappa shape index (κ3) is 3.55. The summed E-state index contributed by atoms with van der Waals surface area (Å²) >= 11 is 1.50. The predicted octanol–water partition coefficient (Wildman–Crippen LogP) is 1.97. The third-order valence-corrected chi connectivity index (χ3v) is 2.53. The van der Waals surface area contributed by atoms with Crippen LogP contribution in [0.4, 0.5) is 0 Å². The molecule has 0 aromatic carbocycles. The molecule has 4 heteroatoms. The first-order valence-electron chi connectivity index (χ1n) is 4.23. The monoisotopic (exact) mass is 199 g/mol. The van der Waals surface area contributed by atoms with Gasteiger partial charge in [0.05, 0.1) is 11.4 Å². The van der Waals surface area contributed by atoms with Gasteiger partial charge in [0.1, 0.15) is 0 Å². The summed E-state index contributed by atoms with van der Waals surface area (Å²) in [5, 5.41) is 9.57. The molecule has 1 rings (SSSR count). The summed E-state index contributed by atoms with van der Waals surface area (Å²) in [7, 11) is 0. The van der Waals surface area contributed by atoms with E-state index in [0.29, 0.717) is 5.92 Å². The minimum Gasteiger partial charge on any atom is -0.481 e. The molecule has 0 bridgehead atoms. The highest BCUT2D eigenvalue weighted by Gasteiger charge is 2.06. The van der Waals surface area contributed by atoms with Crippen molar-refractivity contribution >= 4 is 17.3 Å². The van der Waals surface area contributed by atoms with Crippen LogP contribution in [0.1, 0.15) is 23.7 Å². The molecule has 0 radical (unpaired) electrons. The molecular formula is C9H13NO2S. The molecule has 0 amide bonds. The van der Waals surface area contributed by atoms with Gasteiger partial charge in [-0.25, -0.2) is 4.98 Å². The van der Waals surface area contributed by atoms with Crippen molar-refractivity contribution in [1.29, 1.82) is 0 Å². The number of hydrogen-bond donors (Lipinski definition) is 1. The average molecular weight is 199 g/mol. The topological polar surface area (TPSA) is 50.2 Å². The number of rotatable bonds is 4. The molecule has 0 spiro atoms. The van der Waals surface area contributed by atoms with Gasteiger partial charge in [-0.1, -0.05) is 13.8 Å². The Kier molecular flexibility index (Phi) is 3.42. The SMILES string of the molecule is CC(C)Cc1ncc(CC(=O)O)s1. The maximum Gasteiger partial charge on any atom is 0.308 e. The molecule has 1 heterocycles. The third-order valence-electron chi connectivity index (χ3n) is 1.51. The molecule has 0 fully saturated rings. The molecule has 72 valence electrons. The van der Waals surface area contributed by atoms with Crippen LogP contribution in [0.15, 0.2) is 6.20 Å². The normalized spacial score (nSPS) is 10.7. The number of carbonyl (C=O) groups is 1. The number of carboxylic acids is 1. The molecular weight excluding hydrogens is 186 g/mol. The Balaban J connectivity index is 2.58. The fourth-order valence-corrected chi connectivity index (χ4v) is 2.15. The summed E-state index contributed by atoms with van der Waals surface area (Å²) in [6.45, 7) is 4.25. The fourth-order valence-electron chi connectivity index (χ4n) is 1.02. The number of carboxylic acid groups (broad SMARTS) is 1. The molecule has 0 aliphatic heterocycles. The summed E-state index contributed by atoms with van der Waals surface area (Å²) < 4.78 is 0. The largest absolute Gasteiger partial charge is 0.481 e. The first-order chi connectivity index (χ1) is 6.08. The van der Waals surface area contributed by atoms with Crippen molar-refractivity contribution in [3.63, 3.8) is 0 Å². The molecule has 0 atom stereocenters. The first-order valence-corrected chi connectivity index (χ1v) is 5.05. The van der Waals surface area contributed by atoms with E-state index in [4.69, 9.17) is 5.11 Å². The van der Waals surface area contributed by atoms with Gasteiger partial charge in [0.15, 0.2) is 0 Å².